The number of carbonyl (C=O) groups is 1. The average Bonchev–Trinajstić information content (AvgIpc) is 3.53. The van der Waals surface area contributed by atoms with Gasteiger partial charge in [0.2, 0.25) is 0 Å². The summed E-state index contributed by atoms with van der Waals surface area (Å²) in [5, 5.41) is 18.4. The van der Waals surface area contributed by atoms with Crippen LogP contribution in [-0.4, -0.2) is 105 Å². The van der Waals surface area contributed by atoms with Crippen molar-refractivity contribution in [1.29, 1.82) is 0 Å². The quantitative estimate of drug-likeness (QED) is 0.189. The Hall–Kier alpha value is -1.43. The predicted molar refractivity (Wildman–Crippen MR) is 174 cm³/mol. The number of rotatable bonds is 22. The Balaban J connectivity index is 1.70. The summed E-state index contributed by atoms with van der Waals surface area (Å²) < 4.78 is 26.5. The standard InChI is InChI=1S/C34H64N4O6/c1-12-30(40)21-33(8,9)44-25-34(10,11)43-18-15-38-23-28(35-36-38)20-32(6,7)41-16-13-31(4,5)42-17-14-37-22-27(26(2)3)19-29(37)24-39/h23,26-27,29,39H,12-22,24-25H2,1-11H3. The fourth-order valence-electron chi connectivity index (χ4n) is 5.55. The number of hydrogen-bond acceptors (Lipinski definition) is 9. The predicted octanol–water partition coefficient (Wildman–Crippen LogP) is 5.10. The minimum Gasteiger partial charge on any atom is -0.395 e. The zero-order chi connectivity index (χ0) is 33.2. The molecule has 0 aromatic carbocycles. The molecule has 10 heteroatoms. The maximum Gasteiger partial charge on any atom is 0.135 e. The number of carbonyl (C=O) groups excluding carboxylic acids is 1. The number of nitrogens with zero attached hydrogens (tertiary/aromatic N) is 4. The first kappa shape index (κ1) is 38.8. The van der Waals surface area contributed by atoms with E-state index in [9.17, 15) is 9.90 Å². The molecular formula is C34H64N4O6. The lowest BCUT2D eigenvalue weighted by Crippen LogP contribution is -2.38. The zero-order valence-corrected chi connectivity index (χ0v) is 29.8. The molecule has 10 nitrogen and oxygen atoms in total. The van der Waals surface area contributed by atoms with Crippen LogP contribution < -0.4 is 0 Å². The summed E-state index contributed by atoms with van der Waals surface area (Å²) in [6, 6.07) is 0.247. The van der Waals surface area contributed by atoms with E-state index < -0.39 is 16.8 Å². The smallest absolute Gasteiger partial charge is 0.135 e. The molecule has 0 spiro atoms. The van der Waals surface area contributed by atoms with Crippen LogP contribution in [0.5, 0.6) is 0 Å². The lowest BCUT2D eigenvalue weighted by atomic mass is 9.94. The molecule has 1 aliphatic rings. The minimum absolute atomic E-state index is 0.198. The highest BCUT2D eigenvalue weighted by molar-refractivity contribution is 5.78. The molecule has 2 rings (SSSR count). The molecule has 44 heavy (non-hydrogen) atoms. The lowest BCUT2D eigenvalue weighted by molar-refractivity contribution is -0.138. The van der Waals surface area contributed by atoms with Gasteiger partial charge in [0.05, 0.1) is 67.7 Å². The lowest BCUT2D eigenvalue weighted by Gasteiger charge is -2.31. The Kier molecular flexibility index (Phi) is 14.9. The van der Waals surface area contributed by atoms with Crippen LogP contribution >= 0.6 is 0 Å². The summed E-state index contributed by atoms with van der Waals surface area (Å²) in [7, 11) is 0. The van der Waals surface area contributed by atoms with E-state index in [1.54, 1.807) is 4.68 Å². The molecule has 1 fully saturated rings. The van der Waals surface area contributed by atoms with E-state index in [-0.39, 0.29) is 24.0 Å². The fraction of sp³-hybridized carbons (Fsp3) is 0.912. The van der Waals surface area contributed by atoms with E-state index in [1.165, 1.54) is 0 Å². The second kappa shape index (κ2) is 16.9. The van der Waals surface area contributed by atoms with Crippen molar-refractivity contribution in [3.05, 3.63) is 11.9 Å². The molecular weight excluding hydrogens is 560 g/mol. The zero-order valence-electron chi connectivity index (χ0n) is 29.8. The molecule has 1 aliphatic heterocycles. The van der Waals surface area contributed by atoms with Crippen LogP contribution in [0.4, 0.5) is 0 Å². The maximum absolute atomic E-state index is 11.8. The summed E-state index contributed by atoms with van der Waals surface area (Å²) in [6.07, 6.45) is 5.37. The third-order valence-corrected chi connectivity index (χ3v) is 8.62. The number of Topliss-reactive ketones (excluding diaryl/α,β-unsaturated/α-hetero) is 1. The van der Waals surface area contributed by atoms with Crippen LogP contribution in [-0.2, 0) is 36.7 Å². The van der Waals surface area contributed by atoms with Gasteiger partial charge in [-0.15, -0.1) is 5.10 Å². The largest absolute Gasteiger partial charge is 0.395 e. The first-order chi connectivity index (χ1) is 20.4. The first-order valence-electron chi connectivity index (χ1n) is 16.7. The van der Waals surface area contributed by atoms with Crippen LogP contribution in [0.3, 0.4) is 0 Å². The summed E-state index contributed by atoms with van der Waals surface area (Å²) in [6.45, 7) is 27.4. The van der Waals surface area contributed by atoms with Crippen molar-refractivity contribution in [3.63, 3.8) is 0 Å². The van der Waals surface area contributed by atoms with E-state index in [0.29, 0.717) is 64.1 Å². The van der Waals surface area contributed by atoms with Gasteiger partial charge in [-0.3, -0.25) is 9.69 Å². The van der Waals surface area contributed by atoms with Crippen molar-refractivity contribution in [2.45, 2.75) is 143 Å². The van der Waals surface area contributed by atoms with Gasteiger partial charge in [0.1, 0.15) is 5.78 Å². The fourth-order valence-corrected chi connectivity index (χ4v) is 5.55. The number of hydrogen-bond donors (Lipinski definition) is 1. The summed E-state index contributed by atoms with van der Waals surface area (Å²) >= 11 is 0. The van der Waals surface area contributed by atoms with Gasteiger partial charge in [0.15, 0.2) is 0 Å². The number of ketones is 1. The molecule has 1 aromatic rings. The number of aliphatic hydroxyl groups is 1. The average molecular weight is 625 g/mol. The van der Waals surface area contributed by atoms with Gasteiger partial charge in [0, 0.05) is 44.6 Å². The van der Waals surface area contributed by atoms with Crippen LogP contribution in [0.2, 0.25) is 0 Å². The van der Waals surface area contributed by atoms with Crippen LogP contribution in [0.1, 0.15) is 108 Å². The molecule has 256 valence electrons. The van der Waals surface area contributed by atoms with Crippen LogP contribution in [0.25, 0.3) is 0 Å². The van der Waals surface area contributed by atoms with E-state index >= 15 is 0 Å². The first-order valence-corrected chi connectivity index (χ1v) is 16.7. The van der Waals surface area contributed by atoms with E-state index in [0.717, 1.165) is 31.6 Å². The van der Waals surface area contributed by atoms with Gasteiger partial charge >= 0.3 is 0 Å². The van der Waals surface area contributed by atoms with E-state index in [4.69, 9.17) is 18.9 Å². The normalized spacial score (nSPS) is 18.9. The topological polar surface area (TPSA) is 108 Å². The molecule has 1 N–H and O–H groups in total. The highest BCUT2D eigenvalue weighted by atomic mass is 16.6. The Bertz CT molecular complexity index is 990. The minimum atomic E-state index is -0.512. The summed E-state index contributed by atoms with van der Waals surface area (Å²) in [5.74, 6) is 1.48. The number of aliphatic hydroxyl groups excluding tert-OH is 1. The van der Waals surface area contributed by atoms with Crippen LogP contribution in [0, 0.1) is 11.8 Å². The second-order valence-electron chi connectivity index (χ2n) is 15.4. The molecule has 0 bridgehead atoms. The maximum atomic E-state index is 11.8. The Morgan fingerprint density at radius 2 is 1.57 bits per heavy atom. The van der Waals surface area contributed by atoms with Gasteiger partial charge < -0.3 is 24.1 Å². The van der Waals surface area contributed by atoms with Crippen molar-refractivity contribution in [2.24, 2.45) is 11.8 Å². The Morgan fingerprint density at radius 1 is 0.932 bits per heavy atom. The molecule has 1 saturated heterocycles. The molecule has 0 amide bonds. The van der Waals surface area contributed by atoms with Crippen molar-refractivity contribution < 1.29 is 28.8 Å². The van der Waals surface area contributed by atoms with Crippen molar-refractivity contribution >= 4 is 5.78 Å². The summed E-state index contributed by atoms with van der Waals surface area (Å²) in [5.41, 5.74) is -0.821. The van der Waals surface area contributed by atoms with Crippen LogP contribution in [0.15, 0.2) is 6.20 Å². The Labute approximate surface area is 267 Å². The third-order valence-electron chi connectivity index (χ3n) is 8.62. The van der Waals surface area contributed by atoms with Gasteiger partial charge in [-0.2, -0.15) is 0 Å². The van der Waals surface area contributed by atoms with Crippen molar-refractivity contribution in [1.82, 2.24) is 19.9 Å². The molecule has 0 saturated carbocycles. The Morgan fingerprint density at radius 3 is 2.20 bits per heavy atom. The van der Waals surface area contributed by atoms with Crippen molar-refractivity contribution in [3.8, 4) is 0 Å². The van der Waals surface area contributed by atoms with E-state index in [1.807, 2.05) is 40.8 Å². The highest BCUT2D eigenvalue weighted by Gasteiger charge is 2.33. The molecule has 2 unspecified atom stereocenters. The number of ether oxygens (including phenoxy) is 4. The number of likely N-dealkylation sites (tertiary alicyclic amines) is 1. The SMILES string of the molecule is CCC(=O)CC(C)(C)OCC(C)(C)OCCn1cc(CC(C)(C)OCCC(C)(C)OCCN2CC(C(C)C)CC2CO)nn1. The van der Waals surface area contributed by atoms with Crippen molar-refractivity contribution in [2.75, 3.05) is 46.1 Å². The van der Waals surface area contributed by atoms with E-state index in [2.05, 4.69) is 56.8 Å². The second-order valence-corrected chi connectivity index (χ2v) is 15.4. The molecule has 0 radical (unpaired) electrons. The molecule has 1 aromatic heterocycles. The number of aromatic nitrogens is 3. The molecule has 2 atom stereocenters. The summed E-state index contributed by atoms with van der Waals surface area (Å²) in [4.78, 5) is 14.2. The third kappa shape index (κ3) is 14.3. The molecule has 0 aliphatic carbocycles. The van der Waals surface area contributed by atoms with Gasteiger partial charge in [-0.05, 0) is 80.1 Å². The van der Waals surface area contributed by atoms with Gasteiger partial charge in [-0.25, -0.2) is 4.68 Å². The molecule has 2 heterocycles. The van der Waals surface area contributed by atoms with Gasteiger partial charge in [0.25, 0.3) is 0 Å². The van der Waals surface area contributed by atoms with Gasteiger partial charge in [-0.1, -0.05) is 26.0 Å². The highest BCUT2D eigenvalue weighted by Crippen LogP contribution is 2.29. The monoisotopic (exact) mass is 624 g/mol.